The molecule has 0 bridgehead atoms. The molecule has 146 valence electrons. The third-order valence-electron chi connectivity index (χ3n) is 4.78. The lowest BCUT2D eigenvalue weighted by Crippen LogP contribution is -2.26. The first-order valence-corrected chi connectivity index (χ1v) is 10.2. The molecule has 0 amide bonds. The van der Waals surface area contributed by atoms with Crippen LogP contribution in [0, 0.1) is 5.82 Å². The molecule has 0 saturated heterocycles. The van der Waals surface area contributed by atoms with Crippen molar-refractivity contribution in [3.63, 3.8) is 0 Å². The summed E-state index contributed by atoms with van der Waals surface area (Å²) in [5.74, 6) is -0.0902. The highest BCUT2D eigenvalue weighted by Gasteiger charge is 2.19. The van der Waals surface area contributed by atoms with Gasteiger partial charge in [-0.15, -0.1) is 11.3 Å². The van der Waals surface area contributed by atoms with Crippen LogP contribution in [0.4, 0.5) is 4.39 Å². The lowest BCUT2D eigenvalue weighted by atomic mass is 10.1. The summed E-state index contributed by atoms with van der Waals surface area (Å²) in [5, 5.41) is 0.929. The van der Waals surface area contributed by atoms with E-state index in [1.54, 1.807) is 48.5 Å². The van der Waals surface area contributed by atoms with Crippen molar-refractivity contribution >= 4 is 43.2 Å². The van der Waals surface area contributed by atoms with Crippen molar-refractivity contribution in [2.24, 2.45) is 0 Å². The number of hydrogen-bond acceptors (Lipinski definition) is 4. The fraction of sp³-hybridized carbons (Fsp3) is 0. The van der Waals surface area contributed by atoms with Crippen molar-refractivity contribution in [2.75, 3.05) is 0 Å². The Hall–Kier alpha value is -3.35. The van der Waals surface area contributed by atoms with Gasteiger partial charge in [-0.1, -0.05) is 29.8 Å². The van der Waals surface area contributed by atoms with Crippen LogP contribution in [0.25, 0.3) is 37.4 Å². The zero-order valence-corrected chi connectivity index (χ0v) is 16.9. The van der Waals surface area contributed by atoms with E-state index >= 15 is 0 Å². The molecule has 0 unspecified atom stereocenters. The fourth-order valence-electron chi connectivity index (χ4n) is 3.40. The number of hydrogen-bond donors (Lipinski definition) is 0. The molecule has 0 fully saturated rings. The normalized spacial score (nSPS) is 11.3. The predicted octanol–water partition coefficient (Wildman–Crippen LogP) is 5.42. The molecular weight excluding hydrogens is 423 g/mol. The summed E-state index contributed by atoms with van der Waals surface area (Å²) in [6.07, 6.45) is 0. The van der Waals surface area contributed by atoms with Crippen LogP contribution in [-0.2, 0) is 0 Å². The van der Waals surface area contributed by atoms with Gasteiger partial charge in [0.1, 0.15) is 21.9 Å². The molecule has 0 radical (unpaired) electrons. The molecule has 0 spiro atoms. The third-order valence-corrected chi connectivity index (χ3v) is 6.08. The van der Waals surface area contributed by atoms with E-state index in [-0.39, 0.29) is 10.8 Å². The van der Waals surface area contributed by atoms with Gasteiger partial charge in [-0.2, -0.15) is 0 Å². The Morgan fingerprint density at radius 3 is 2.47 bits per heavy atom. The van der Waals surface area contributed by atoms with Crippen molar-refractivity contribution in [1.29, 1.82) is 0 Å². The molecular formula is C23H12ClFN2O2S. The SMILES string of the molecule is O=c1c2ccccc2sc2nc(-c3ccc(F)cc3)n(-c3cccc(Cl)c3)c(=O)c12. The zero-order chi connectivity index (χ0) is 20.8. The maximum atomic E-state index is 13.6. The quantitative estimate of drug-likeness (QED) is 0.348. The Morgan fingerprint density at radius 2 is 1.70 bits per heavy atom. The Labute approximate surface area is 178 Å². The van der Waals surface area contributed by atoms with Gasteiger partial charge >= 0.3 is 0 Å². The van der Waals surface area contributed by atoms with Crippen LogP contribution in [0.3, 0.4) is 0 Å². The Balaban J connectivity index is 1.97. The Morgan fingerprint density at radius 1 is 0.933 bits per heavy atom. The number of nitrogens with zero attached hydrogens (tertiary/aromatic N) is 2. The maximum Gasteiger partial charge on any atom is 0.271 e. The first kappa shape index (κ1) is 18.7. The van der Waals surface area contributed by atoms with E-state index in [0.29, 0.717) is 32.3 Å². The average molecular weight is 435 g/mol. The van der Waals surface area contributed by atoms with Crippen LogP contribution in [0.5, 0.6) is 0 Å². The zero-order valence-electron chi connectivity index (χ0n) is 15.3. The van der Waals surface area contributed by atoms with Gasteiger partial charge in [0.05, 0.1) is 5.69 Å². The molecule has 0 N–H and O–H groups in total. The van der Waals surface area contributed by atoms with E-state index in [2.05, 4.69) is 4.98 Å². The van der Waals surface area contributed by atoms with Gasteiger partial charge in [0.2, 0.25) is 5.43 Å². The van der Waals surface area contributed by atoms with Crippen LogP contribution in [-0.4, -0.2) is 9.55 Å². The van der Waals surface area contributed by atoms with E-state index in [0.717, 1.165) is 4.70 Å². The summed E-state index contributed by atoms with van der Waals surface area (Å²) in [5.41, 5.74) is 0.161. The predicted molar refractivity (Wildman–Crippen MR) is 119 cm³/mol. The first-order chi connectivity index (χ1) is 14.5. The summed E-state index contributed by atoms with van der Waals surface area (Å²) >= 11 is 7.42. The van der Waals surface area contributed by atoms with E-state index < -0.39 is 11.4 Å². The van der Waals surface area contributed by atoms with Crippen molar-refractivity contribution in [3.8, 4) is 17.1 Å². The molecule has 3 aromatic carbocycles. The second-order valence-corrected chi connectivity index (χ2v) is 8.14. The molecule has 5 rings (SSSR count). The van der Waals surface area contributed by atoms with Crippen molar-refractivity contribution < 1.29 is 4.39 Å². The highest BCUT2D eigenvalue weighted by Crippen LogP contribution is 2.27. The summed E-state index contributed by atoms with van der Waals surface area (Å²) < 4.78 is 15.6. The maximum absolute atomic E-state index is 13.6. The summed E-state index contributed by atoms with van der Waals surface area (Å²) in [6, 6.07) is 19.6. The number of fused-ring (bicyclic) bond motifs is 2. The smallest absolute Gasteiger partial charge is 0.271 e. The largest absolute Gasteiger partial charge is 0.288 e. The second-order valence-electron chi connectivity index (χ2n) is 6.67. The number of rotatable bonds is 2. The minimum Gasteiger partial charge on any atom is -0.288 e. The first-order valence-electron chi connectivity index (χ1n) is 9.03. The molecule has 4 nitrogen and oxygen atoms in total. The molecule has 30 heavy (non-hydrogen) atoms. The van der Waals surface area contributed by atoms with Gasteiger partial charge in [0, 0.05) is 20.7 Å². The van der Waals surface area contributed by atoms with E-state index in [1.165, 1.54) is 28.0 Å². The van der Waals surface area contributed by atoms with Crippen molar-refractivity contribution in [3.05, 3.63) is 104 Å². The Bertz CT molecular complexity index is 1560. The molecule has 0 atom stereocenters. The van der Waals surface area contributed by atoms with Crippen molar-refractivity contribution in [1.82, 2.24) is 9.55 Å². The summed E-state index contributed by atoms with van der Waals surface area (Å²) in [4.78, 5) is 31.7. The van der Waals surface area contributed by atoms with E-state index in [4.69, 9.17) is 11.6 Å². The van der Waals surface area contributed by atoms with Gasteiger partial charge in [-0.3, -0.25) is 14.2 Å². The lowest BCUT2D eigenvalue weighted by Gasteiger charge is -2.14. The highest BCUT2D eigenvalue weighted by molar-refractivity contribution is 7.24. The van der Waals surface area contributed by atoms with Crippen LogP contribution in [0.2, 0.25) is 5.02 Å². The number of benzene rings is 3. The van der Waals surface area contributed by atoms with Crippen LogP contribution >= 0.6 is 22.9 Å². The fourth-order valence-corrected chi connectivity index (χ4v) is 4.62. The monoisotopic (exact) mass is 434 g/mol. The van der Waals surface area contributed by atoms with E-state index in [1.807, 2.05) is 12.1 Å². The molecule has 7 heteroatoms. The van der Waals surface area contributed by atoms with Gasteiger partial charge in [0.25, 0.3) is 5.56 Å². The summed E-state index contributed by atoms with van der Waals surface area (Å²) in [7, 11) is 0. The molecule has 5 aromatic rings. The minimum atomic E-state index is -0.492. The molecule has 0 saturated carbocycles. The number of aromatic nitrogens is 2. The summed E-state index contributed by atoms with van der Waals surface area (Å²) in [6.45, 7) is 0. The Kier molecular flexibility index (Phi) is 4.46. The van der Waals surface area contributed by atoms with Crippen LogP contribution in [0.15, 0.2) is 82.4 Å². The lowest BCUT2D eigenvalue weighted by molar-refractivity contribution is 0.628. The molecule has 0 aliphatic heterocycles. The van der Waals surface area contributed by atoms with Crippen molar-refractivity contribution in [2.45, 2.75) is 0 Å². The molecule has 0 aliphatic rings. The number of halogens is 2. The van der Waals surface area contributed by atoms with E-state index in [9.17, 15) is 14.0 Å². The standard InChI is InChI=1S/C23H12ClFN2O2S/c24-14-4-3-5-16(12-14)27-21(13-8-10-15(25)11-9-13)26-22-19(23(27)29)20(28)17-6-1-2-7-18(17)30-22/h1-12H. The van der Waals surface area contributed by atoms with Gasteiger partial charge < -0.3 is 0 Å². The van der Waals surface area contributed by atoms with Crippen LogP contribution < -0.4 is 11.0 Å². The van der Waals surface area contributed by atoms with Gasteiger partial charge in [0.15, 0.2) is 0 Å². The molecule has 2 aromatic heterocycles. The minimum absolute atomic E-state index is 0.0181. The van der Waals surface area contributed by atoms with Gasteiger partial charge in [-0.25, -0.2) is 9.37 Å². The van der Waals surface area contributed by atoms with Gasteiger partial charge in [-0.05, 0) is 54.6 Å². The topological polar surface area (TPSA) is 52.0 Å². The molecule has 0 aliphatic carbocycles. The van der Waals surface area contributed by atoms with Crippen LogP contribution in [0.1, 0.15) is 0 Å². The second kappa shape index (κ2) is 7.16. The highest BCUT2D eigenvalue weighted by atomic mass is 35.5. The third kappa shape index (κ3) is 3.01. The average Bonchev–Trinajstić information content (AvgIpc) is 2.74. The molecule has 2 heterocycles.